The first-order valence-corrected chi connectivity index (χ1v) is 10.2. The third-order valence-corrected chi connectivity index (χ3v) is 5.95. The van der Waals surface area contributed by atoms with Gasteiger partial charge >= 0.3 is 0 Å². The van der Waals surface area contributed by atoms with Gasteiger partial charge in [-0.3, -0.25) is 19.2 Å². The molecule has 2 aliphatic rings. The minimum absolute atomic E-state index is 0.0549. The van der Waals surface area contributed by atoms with Crippen LogP contribution in [0.3, 0.4) is 0 Å². The molecular weight excluding hydrogens is 366 g/mol. The first-order valence-electron chi connectivity index (χ1n) is 10.2. The average Bonchev–Trinajstić information content (AvgIpc) is 3.24. The third kappa shape index (κ3) is 3.92. The number of carbonyl (C=O) groups is 2. The molecule has 1 spiro atoms. The number of nitrogens with zero attached hydrogens (tertiary/aromatic N) is 4. The van der Waals surface area contributed by atoms with Gasteiger partial charge in [0.05, 0.1) is 5.92 Å². The molecule has 2 aliphatic heterocycles. The Kier molecular flexibility index (Phi) is 5.17. The number of rotatable bonds is 5. The maximum Gasteiger partial charge on any atom is 0.274 e. The first kappa shape index (κ1) is 19.6. The van der Waals surface area contributed by atoms with Crippen molar-refractivity contribution in [3.05, 3.63) is 53.9 Å². The summed E-state index contributed by atoms with van der Waals surface area (Å²) >= 11 is 0. The molecule has 1 aromatic carbocycles. The molecule has 2 aromatic rings. The highest BCUT2D eigenvalue weighted by atomic mass is 16.2. The highest BCUT2D eigenvalue weighted by Gasteiger charge is 2.57. The lowest BCUT2D eigenvalue weighted by molar-refractivity contribution is -0.131. The number of benzene rings is 1. The van der Waals surface area contributed by atoms with Crippen molar-refractivity contribution >= 4 is 11.8 Å². The van der Waals surface area contributed by atoms with E-state index in [9.17, 15) is 9.59 Å². The van der Waals surface area contributed by atoms with Crippen LogP contribution < -0.4 is 5.32 Å². The summed E-state index contributed by atoms with van der Waals surface area (Å²) in [6.45, 7) is 7.54. The van der Waals surface area contributed by atoms with Crippen LogP contribution in [0.5, 0.6) is 0 Å². The number of hydrogen-bond donors (Lipinski definition) is 1. The van der Waals surface area contributed by atoms with Crippen molar-refractivity contribution in [2.24, 2.45) is 18.4 Å². The Labute approximate surface area is 171 Å². The molecule has 0 saturated carbocycles. The van der Waals surface area contributed by atoms with Crippen LogP contribution in [-0.4, -0.2) is 63.6 Å². The minimum atomic E-state index is -0.182. The summed E-state index contributed by atoms with van der Waals surface area (Å²) in [7, 11) is 1.80. The van der Waals surface area contributed by atoms with Gasteiger partial charge in [0.15, 0.2) is 0 Å². The Morgan fingerprint density at radius 2 is 1.90 bits per heavy atom. The summed E-state index contributed by atoms with van der Waals surface area (Å²) in [6, 6.07) is 12.2. The highest BCUT2D eigenvalue weighted by molar-refractivity contribution is 5.93. The summed E-state index contributed by atoms with van der Waals surface area (Å²) in [5.74, 6) is -0.0670. The van der Waals surface area contributed by atoms with Crippen LogP contribution in [0.2, 0.25) is 0 Å². The molecule has 1 aromatic heterocycles. The van der Waals surface area contributed by atoms with Crippen molar-refractivity contribution in [3.63, 3.8) is 0 Å². The second kappa shape index (κ2) is 7.63. The number of aromatic nitrogens is 2. The summed E-state index contributed by atoms with van der Waals surface area (Å²) in [6.07, 6.45) is 1.78. The zero-order valence-electron chi connectivity index (χ0n) is 17.3. The van der Waals surface area contributed by atoms with E-state index in [0.29, 0.717) is 18.8 Å². The van der Waals surface area contributed by atoms with Gasteiger partial charge in [0.2, 0.25) is 5.91 Å². The van der Waals surface area contributed by atoms with E-state index in [1.807, 2.05) is 36.9 Å². The molecule has 0 radical (unpaired) electrons. The average molecular weight is 396 g/mol. The van der Waals surface area contributed by atoms with Crippen LogP contribution in [0.15, 0.2) is 42.6 Å². The maximum atomic E-state index is 13.0. The van der Waals surface area contributed by atoms with E-state index < -0.39 is 0 Å². The number of nitrogens with one attached hydrogen (secondary N) is 1. The summed E-state index contributed by atoms with van der Waals surface area (Å²) in [5, 5.41) is 7.32. The van der Waals surface area contributed by atoms with Crippen LogP contribution in [0.1, 0.15) is 29.9 Å². The predicted octanol–water partition coefficient (Wildman–Crippen LogP) is 1.52. The smallest absolute Gasteiger partial charge is 0.274 e. The van der Waals surface area contributed by atoms with Crippen molar-refractivity contribution in [2.75, 3.05) is 26.2 Å². The Balaban J connectivity index is 1.48. The standard InChI is InChI=1S/C22H29N5O2/c1-16(2)23-20(28)18-12-26(11-17-7-5-4-6-8-17)13-22(18)14-27(15-22)21(29)19-9-10-25(3)24-19/h4-10,16,18H,11-15H2,1-3H3,(H,23,28). The van der Waals surface area contributed by atoms with Crippen molar-refractivity contribution in [1.82, 2.24) is 24.9 Å². The van der Waals surface area contributed by atoms with Crippen LogP contribution in [0, 0.1) is 11.3 Å². The third-order valence-electron chi connectivity index (χ3n) is 5.95. The van der Waals surface area contributed by atoms with E-state index in [1.54, 1.807) is 24.0 Å². The van der Waals surface area contributed by atoms with E-state index >= 15 is 0 Å². The Morgan fingerprint density at radius 1 is 1.17 bits per heavy atom. The van der Waals surface area contributed by atoms with Gasteiger partial charge in [-0.15, -0.1) is 0 Å². The lowest BCUT2D eigenvalue weighted by atomic mass is 9.71. The fourth-order valence-electron chi connectivity index (χ4n) is 4.65. The monoisotopic (exact) mass is 395 g/mol. The lowest BCUT2D eigenvalue weighted by Gasteiger charge is -2.50. The molecule has 2 fully saturated rings. The van der Waals surface area contributed by atoms with Crippen molar-refractivity contribution in [2.45, 2.75) is 26.4 Å². The zero-order valence-corrected chi connectivity index (χ0v) is 17.3. The summed E-state index contributed by atoms with van der Waals surface area (Å²) < 4.78 is 1.64. The predicted molar refractivity (Wildman–Crippen MR) is 110 cm³/mol. The van der Waals surface area contributed by atoms with Gasteiger partial charge < -0.3 is 10.2 Å². The fraction of sp³-hybridized carbons (Fsp3) is 0.500. The quantitative estimate of drug-likeness (QED) is 0.833. The Bertz CT molecular complexity index is 886. The van der Waals surface area contributed by atoms with Gasteiger partial charge in [0.1, 0.15) is 5.69 Å². The fourth-order valence-corrected chi connectivity index (χ4v) is 4.65. The molecule has 7 heteroatoms. The molecule has 3 heterocycles. The normalized spacial score (nSPS) is 20.8. The highest BCUT2D eigenvalue weighted by Crippen LogP contribution is 2.45. The lowest BCUT2D eigenvalue weighted by Crippen LogP contribution is -2.64. The summed E-state index contributed by atoms with van der Waals surface area (Å²) in [4.78, 5) is 29.9. The van der Waals surface area contributed by atoms with Gasteiger partial charge in [-0.1, -0.05) is 30.3 Å². The van der Waals surface area contributed by atoms with Crippen molar-refractivity contribution < 1.29 is 9.59 Å². The van der Waals surface area contributed by atoms with E-state index in [2.05, 4.69) is 27.4 Å². The molecule has 1 unspecified atom stereocenters. The molecule has 0 aliphatic carbocycles. The number of amides is 2. The zero-order chi connectivity index (χ0) is 20.6. The number of aryl methyl sites for hydroxylation is 1. The molecule has 0 bridgehead atoms. The topological polar surface area (TPSA) is 70.5 Å². The van der Waals surface area contributed by atoms with Gasteiger partial charge in [0.25, 0.3) is 5.91 Å². The number of carbonyl (C=O) groups excluding carboxylic acids is 2. The van der Waals surface area contributed by atoms with E-state index in [1.165, 1.54) is 5.56 Å². The molecule has 4 rings (SSSR count). The SMILES string of the molecule is CC(C)NC(=O)C1CN(Cc2ccccc2)CC12CN(C(=O)c1ccn(C)n1)C2. The number of hydrogen-bond acceptors (Lipinski definition) is 4. The minimum Gasteiger partial charge on any atom is -0.354 e. The molecule has 1 N–H and O–H groups in total. The van der Waals surface area contributed by atoms with Crippen LogP contribution in [0.25, 0.3) is 0 Å². The largest absolute Gasteiger partial charge is 0.354 e. The molecule has 7 nitrogen and oxygen atoms in total. The first-order chi connectivity index (χ1) is 13.9. The number of likely N-dealkylation sites (tertiary alicyclic amines) is 2. The van der Waals surface area contributed by atoms with E-state index in [0.717, 1.165) is 19.6 Å². The molecule has 154 valence electrons. The van der Waals surface area contributed by atoms with E-state index in [4.69, 9.17) is 0 Å². The molecule has 1 atom stereocenters. The Morgan fingerprint density at radius 3 is 2.52 bits per heavy atom. The van der Waals surface area contributed by atoms with Crippen molar-refractivity contribution in [1.29, 1.82) is 0 Å². The van der Waals surface area contributed by atoms with Crippen LogP contribution in [-0.2, 0) is 18.4 Å². The Hall–Kier alpha value is -2.67. The molecule has 29 heavy (non-hydrogen) atoms. The molecule has 2 saturated heterocycles. The van der Waals surface area contributed by atoms with Gasteiger partial charge in [-0.25, -0.2) is 0 Å². The molecular formula is C22H29N5O2. The van der Waals surface area contributed by atoms with Crippen LogP contribution in [0.4, 0.5) is 0 Å². The second-order valence-corrected chi connectivity index (χ2v) is 8.77. The second-order valence-electron chi connectivity index (χ2n) is 8.77. The maximum absolute atomic E-state index is 13.0. The van der Waals surface area contributed by atoms with Gasteiger partial charge in [-0.2, -0.15) is 5.10 Å². The van der Waals surface area contributed by atoms with E-state index in [-0.39, 0.29) is 29.2 Å². The summed E-state index contributed by atoms with van der Waals surface area (Å²) in [5.41, 5.74) is 1.52. The molecule has 2 amide bonds. The van der Waals surface area contributed by atoms with Gasteiger partial charge in [0, 0.05) is 57.4 Å². The van der Waals surface area contributed by atoms with Crippen molar-refractivity contribution in [3.8, 4) is 0 Å². The van der Waals surface area contributed by atoms with Gasteiger partial charge in [-0.05, 0) is 25.5 Å². The van der Waals surface area contributed by atoms with Crippen LogP contribution >= 0.6 is 0 Å².